The van der Waals surface area contributed by atoms with Crippen LogP contribution in [-0.4, -0.2) is 76.3 Å². The van der Waals surface area contributed by atoms with Crippen LogP contribution >= 0.6 is 0 Å². The van der Waals surface area contributed by atoms with Crippen LogP contribution in [0.1, 0.15) is 19.3 Å². The molecular weight excluding hydrogens is 468 g/mol. The molecule has 3 heterocycles. The number of anilines is 2. The molecule has 4 aromatic rings. The molecule has 0 radical (unpaired) electrons. The monoisotopic (exact) mass is 502 g/mol. The molecule has 0 unspecified atom stereocenters. The zero-order valence-corrected chi connectivity index (χ0v) is 21.7. The predicted molar refractivity (Wildman–Crippen MR) is 145 cm³/mol. The van der Waals surface area contributed by atoms with Crippen molar-refractivity contribution in [1.29, 1.82) is 0 Å². The van der Waals surface area contributed by atoms with Gasteiger partial charge >= 0.3 is 0 Å². The van der Waals surface area contributed by atoms with Crippen molar-refractivity contribution in [2.24, 2.45) is 7.05 Å². The molecule has 194 valence electrons. The maximum atomic E-state index is 9.52. The van der Waals surface area contributed by atoms with E-state index >= 15 is 0 Å². The second kappa shape index (κ2) is 11.1. The second-order valence-electron chi connectivity index (χ2n) is 9.40. The minimum Gasteiger partial charge on any atom is -0.497 e. The molecule has 0 amide bonds. The summed E-state index contributed by atoms with van der Waals surface area (Å²) in [5.41, 5.74) is 5.36. The Balaban J connectivity index is 1.52. The summed E-state index contributed by atoms with van der Waals surface area (Å²) < 4.78 is 12.9. The highest BCUT2D eigenvalue weighted by Gasteiger charge is 2.25. The minimum atomic E-state index is 0.223. The van der Waals surface area contributed by atoms with Gasteiger partial charge in [-0.15, -0.1) is 0 Å². The topological polar surface area (TPSA) is 88.8 Å². The molecule has 1 saturated heterocycles. The molecule has 2 aromatic heterocycles. The summed E-state index contributed by atoms with van der Waals surface area (Å²) in [6.07, 6.45) is 8.64. The van der Waals surface area contributed by atoms with Crippen LogP contribution in [0.3, 0.4) is 0 Å². The van der Waals surface area contributed by atoms with Gasteiger partial charge in [-0.1, -0.05) is 0 Å². The molecular formula is C28H34N6O3. The van der Waals surface area contributed by atoms with Crippen LogP contribution in [0.4, 0.5) is 11.4 Å². The first-order valence-corrected chi connectivity index (χ1v) is 12.7. The number of benzene rings is 2. The lowest BCUT2D eigenvalue weighted by molar-refractivity contribution is 0.198. The number of nitrogens with zero attached hydrogens (tertiary/aromatic N) is 6. The average Bonchev–Trinajstić information content (AvgIpc) is 3.57. The van der Waals surface area contributed by atoms with Crippen molar-refractivity contribution in [2.75, 3.05) is 45.4 Å². The molecule has 5 rings (SSSR count). The van der Waals surface area contributed by atoms with Gasteiger partial charge in [-0.3, -0.25) is 14.6 Å². The number of ether oxygens (including phenoxy) is 2. The van der Waals surface area contributed by atoms with Crippen molar-refractivity contribution in [3.8, 4) is 22.8 Å². The van der Waals surface area contributed by atoms with E-state index in [4.69, 9.17) is 14.5 Å². The second-order valence-corrected chi connectivity index (χ2v) is 9.40. The predicted octanol–water partition coefficient (Wildman–Crippen LogP) is 4.03. The van der Waals surface area contributed by atoms with Crippen LogP contribution in [0.25, 0.3) is 22.3 Å². The number of fused-ring (bicyclic) bond motifs is 1. The fourth-order valence-electron chi connectivity index (χ4n) is 5.11. The van der Waals surface area contributed by atoms with E-state index in [1.165, 1.54) is 6.42 Å². The quantitative estimate of drug-likeness (QED) is 0.348. The Kier molecular flexibility index (Phi) is 7.52. The maximum Gasteiger partial charge on any atom is 0.124 e. The highest BCUT2D eigenvalue weighted by Crippen LogP contribution is 2.34. The van der Waals surface area contributed by atoms with E-state index in [1.54, 1.807) is 31.3 Å². The zero-order valence-electron chi connectivity index (χ0n) is 21.7. The minimum absolute atomic E-state index is 0.223. The van der Waals surface area contributed by atoms with Crippen LogP contribution in [0, 0.1) is 0 Å². The Bertz CT molecular complexity index is 1330. The van der Waals surface area contributed by atoms with Gasteiger partial charge < -0.3 is 19.5 Å². The first kappa shape index (κ1) is 25.0. The third-order valence-corrected chi connectivity index (χ3v) is 7.06. The smallest absolute Gasteiger partial charge is 0.124 e. The molecule has 0 aliphatic carbocycles. The Morgan fingerprint density at radius 2 is 1.84 bits per heavy atom. The summed E-state index contributed by atoms with van der Waals surface area (Å²) in [5.74, 6) is 1.47. The van der Waals surface area contributed by atoms with E-state index in [0.717, 1.165) is 77.6 Å². The molecule has 1 fully saturated rings. The normalized spacial score (nSPS) is 15.8. The number of aryl methyl sites for hydroxylation is 1. The number of hydrogen-bond acceptors (Lipinski definition) is 8. The van der Waals surface area contributed by atoms with Crippen LogP contribution < -0.4 is 14.4 Å². The fourth-order valence-corrected chi connectivity index (χ4v) is 5.11. The average molecular weight is 503 g/mol. The summed E-state index contributed by atoms with van der Waals surface area (Å²) in [6, 6.07) is 12.5. The zero-order chi connectivity index (χ0) is 25.8. The van der Waals surface area contributed by atoms with Crippen molar-refractivity contribution in [1.82, 2.24) is 24.6 Å². The van der Waals surface area contributed by atoms with Gasteiger partial charge in [0.25, 0.3) is 0 Å². The fraction of sp³-hybridized carbons (Fsp3) is 0.393. The first-order valence-electron chi connectivity index (χ1n) is 12.7. The van der Waals surface area contributed by atoms with Gasteiger partial charge in [0.05, 0.1) is 43.3 Å². The summed E-state index contributed by atoms with van der Waals surface area (Å²) in [5, 5.41) is 13.8. The first-order chi connectivity index (χ1) is 18.1. The van der Waals surface area contributed by atoms with Crippen molar-refractivity contribution in [3.05, 3.63) is 55.0 Å². The number of likely N-dealkylation sites (tertiary alicyclic amines) is 1. The molecule has 0 saturated carbocycles. The summed E-state index contributed by atoms with van der Waals surface area (Å²) in [7, 11) is 5.22. The number of aliphatic hydroxyl groups excluding tert-OH is 1. The van der Waals surface area contributed by atoms with Crippen molar-refractivity contribution < 1.29 is 14.6 Å². The molecule has 1 aliphatic rings. The van der Waals surface area contributed by atoms with E-state index in [2.05, 4.69) is 32.0 Å². The van der Waals surface area contributed by atoms with E-state index < -0.39 is 0 Å². The third-order valence-electron chi connectivity index (χ3n) is 7.06. The van der Waals surface area contributed by atoms with Crippen LogP contribution in [-0.2, 0) is 7.05 Å². The van der Waals surface area contributed by atoms with Gasteiger partial charge in [0, 0.05) is 74.1 Å². The third kappa shape index (κ3) is 5.52. The molecule has 37 heavy (non-hydrogen) atoms. The Morgan fingerprint density at radius 3 is 2.54 bits per heavy atom. The van der Waals surface area contributed by atoms with E-state index in [9.17, 15) is 5.11 Å². The molecule has 0 bridgehead atoms. The van der Waals surface area contributed by atoms with Crippen LogP contribution in [0.2, 0.25) is 0 Å². The summed E-state index contributed by atoms with van der Waals surface area (Å²) >= 11 is 0. The largest absolute Gasteiger partial charge is 0.497 e. The molecule has 2 aromatic carbocycles. The molecule has 1 N–H and O–H groups in total. The van der Waals surface area contributed by atoms with Crippen LogP contribution in [0.5, 0.6) is 11.5 Å². The Morgan fingerprint density at radius 1 is 1.03 bits per heavy atom. The van der Waals surface area contributed by atoms with Gasteiger partial charge in [-0.2, -0.15) is 5.10 Å². The van der Waals surface area contributed by atoms with E-state index in [-0.39, 0.29) is 6.61 Å². The lowest BCUT2D eigenvalue weighted by atomic mass is 10.1. The van der Waals surface area contributed by atoms with Crippen molar-refractivity contribution in [3.63, 3.8) is 0 Å². The van der Waals surface area contributed by atoms with Crippen molar-refractivity contribution in [2.45, 2.75) is 25.3 Å². The number of methoxy groups -OCH3 is 2. The SMILES string of the molecule is COc1cc(OC)cc(N(CCN2CCC[C@@H]2CCO)c2ccc3ncc(-c4cnn(C)c4)nc3c2)c1. The molecule has 0 spiro atoms. The number of aromatic nitrogens is 4. The number of aliphatic hydroxyl groups is 1. The Labute approximate surface area is 217 Å². The number of rotatable bonds is 10. The lowest BCUT2D eigenvalue weighted by Crippen LogP contribution is -2.36. The van der Waals surface area contributed by atoms with E-state index in [1.807, 2.05) is 37.5 Å². The molecule has 9 heteroatoms. The standard InChI is InChI=1S/C28H34N6O3/c1-32-19-20(17-30-32)28-18-29-26-7-6-22(15-27(26)31-28)34(11-10-33-9-4-5-21(33)8-12-35)23-13-24(36-2)16-25(14-23)37-3/h6-7,13-19,21,35H,4-5,8-12H2,1-3H3/t21-/m1/s1. The van der Waals surface area contributed by atoms with Crippen LogP contribution in [0.15, 0.2) is 55.0 Å². The lowest BCUT2D eigenvalue weighted by Gasteiger charge is -2.30. The molecule has 1 aliphatic heterocycles. The van der Waals surface area contributed by atoms with Gasteiger partial charge in [0.2, 0.25) is 0 Å². The molecule has 1 atom stereocenters. The van der Waals surface area contributed by atoms with Gasteiger partial charge in [-0.05, 0) is 44.0 Å². The number of hydrogen-bond donors (Lipinski definition) is 1. The van der Waals surface area contributed by atoms with E-state index in [0.29, 0.717) is 6.04 Å². The highest BCUT2D eigenvalue weighted by atomic mass is 16.5. The van der Waals surface area contributed by atoms with Gasteiger partial charge in [0.15, 0.2) is 0 Å². The maximum absolute atomic E-state index is 9.52. The Hall–Kier alpha value is -3.69. The summed E-state index contributed by atoms with van der Waals surface area (Å²) in [6.45, 7) is 2.92. The summed E-state index contributed by atoms with van der Waals surface area (Å²) in [4.78, 5) is 14.3. The highest BCUT2D eigenvalue weighted by molar-refractivity contribution is 5.82. The molecule has 9 nitrogen and oxygen atoms in total. The van der Waals surface area contributed by atoms with Gasteiger partial charge in [-0.25, -0.2) is 4.98 Å². The van der Waals surface area contributed by atoms with Crippen molar-refractivity contribution >= 4 is 22.4 Å². The van der Waals surface area contributed by atoms with Gasteiger partial charge in [0.1, 0.15) is 11.5 Å².